The van der Waals surface area contributed by atoms with Gasteiger partial charge in [-0.2, -0.15) is 0 Å². The number of thioether (sulfide) groups is 1. The van der Waals surface area contributed by atoms with Crippen molar-refractivity contribution in [1.82, 2.24) is 5.32 Å². The summed E-state index contributed by atoms with van der Waals surface area (Å²) in [4.78, 5) is 23.8. The van der Waals surface area contributed by atoms with Crippen LogP contribution in [0.4, 0.5) is 10.5 Å². The number of nitrogens with one attached hydrogen (secondary N) is 2. The van der Waals surface area contributed by atoms with Crippen LogP contribution in [0.1, 0.15) is 13.8 Å². The standard InChI is InChI=1S/C13H18N2O3S/c1-8(2)11(12(16)17)15-13(18)14-9-4-6-10(19-3)7-5-9/h4-8,11H,1-3H3,(H,16,17)(H2,14,15,18)/t11-/m0/s1. The minimum atomic E-state index is -1.04. The molecular weight excluding hydrogens is 264 g/mol. The van der Waals surface area contributed by atoms with Gasteiger partial charge in [-0.15, -0.1) is 11.8 Å². The Hall–Kier alpha value is -1.69. The first-order valence-corrected chi connectivity index (χ1v) is 7.11. The Labute approximate surface area is 116 Å². The number of carbonyl (C=O) groups excluding carboxylic acids is 1. The molecule has 0 heterocycles. The van der Waals surface area contributed by atoms with Crippen LogP contribution in [0.15, 0.2) is 29.2 Å². The van der Waals surface area contributed by atoms with E-state index in [1.807, 2.05) is 18.4 Å². The van der Waals surface area contributed by atoms with E-state index in [1.165, 1.54) is 0 Å². The number of hydrogen-bond donors (Lipinski definition) is 3. The lowest BCUT2D eigenvalue weighted by atomic mass is 10.1. The SMILES string of the molecule is CSc1ccc(NC(=O)N[C@H](C(=O)O)C(C)C)cc1. The number of aliphatic carboxylic acids is 1. The largest absolute Gasteiger partial charge is 0.480 e. The van der Waals surface area contributed by atoms with Crippen LogP contribution in [-0.4, -0.2) is 29.4 Å². The zero-order valence-electron chi connectivity index (χ0n) is 11.1. The third-order valence-electron chi connectivity index (χ3n) is 2.57. The molecular formula is C13H18N2O3S. The Morgan fingerprint density at radius 2 is 1.79 bits per heavy atom. The summed E-state index contributed by atoms with van der Waals surface area (Å²) in [6.07, 6.45) is 1.97. The molecule has 0 radical (unpaired) electrons. The third-order valence-corrected chi connectivity index (χ3v) is 3.31. The molecule has 104 valence electrons. The Bertz CT molecular complexity index is 446. The average Bonchev–Trinajstić information content (AvgIpc) is 2.36. The fourth-order valence-corrected chi connectivity index (χ4v) is 1.90. The summed E-state index contributed by atoms with van der Waals surface area (Å²) < 4.78 is 0. The van der Waals surface area contributed by atoms with E-state index in [2.05, 4.69) is 10.6 Å². The number of amides is 2. The lowest BCUT2D eigenvalue weighted by Crippen LogP contribution is -2.46. The zero-order chi connectivity index (χ0) is 14.4. The van der Waals surface area contributed by atoms with Gasteiger partial charge in [-0.1, -0.05) is 13.8 Å². The van der Waals surface area contributed by atoms with E-state index < -0.39 is 18.0 Å². The molecule has 0 spiro atoms. The van der Waals surface area contributed by atoms with E-state index in [0.29, 0.717) is 5.69 Å². The van der Waals surface area contributed by atoms with E-state index in [-0.39, 0.29) is 5.92 Å². The van der Waals surface area contributed by atoms with Crippen LogP contribution >= 0.6 is 11.8 Å². The molecule has 2 amide bonds. The van der Waals surface area contributed by atoms with E-state index in [4.69, 9.17) is 5.11 Å². The molecule has 0 unspecified atom stereocenters. The molecule has 0 fully saturated rings. The van der Waals surface area contributed by atoms with E-state index in [0.717, 1.165) is 4.90 Å². The first-order valence-electron chi connectivity index (χ1n) is 5.88. The molecule has 3 N–H and O–H groups in total. The third kappa shape index (κ3) is 4.82. The molecule has 19 heavy (non-hydrogen) atoms. The molecule has 6 heteroatoms. The van der Waals surface area contributed by atoms with Crippen molar-refractivity contribution >= 4 is 29.4 Å². The topological polar surface area (TPSA) is 78.4 Å². The number of rotatable bonds is 5. The van der Waals surface area contributed by atoms with Gasteiger partial charge in [0.2, 0.25) is 0 Å². The molecule has 5 nitrogen and oxygen atoms in total. The minimum absolute atomic E-state index is 0.179. The summed E-state index contributed by atoms with van der Waals surface area (Å²) in [6, 6.07) is 5.91. The first kappa shape index (κ1) is 15.4. The maximum atomic E-state index is 11.7. The molecule has 0 aliphatic heterocycles. The molecule has 0 aliphatic carbocycles. The number of benzene rings is 1. The second kappa shape index (κ2) is 7.04. The van der Waals surface area contributed by atoms with Crippen molar-refractivity contribution in [1.29, 1.82) is 0 Å². The lowest BCUT2D eigenvalue weighted by molar-refractivity contribution is -0.140. The maximum absolute atomic E-state index is 11.7. The van der Waals surface area contributed by atoms with Crippen molar-refractivity contribution in [2.45, 2.75) is 24.8 Å². The summed E-state index contributed by atoms with van der Waals surface area (Å²) in [7, 11) is 0. The molecule has 0 aromatic heterocycles. The van der Waals surface area contributed by atoms with Gasteiger partial charge in [-0.25, -0.2) is 9.59 Å². The summed E-state index contributed by atoms with van der Waals surface area (Å²) >= 11 is 1.61. The maximum Gasteiger partial charge on any atom is 0.326 e. The normalized spacial score (nSPS) is 12.0. The Morgan fingerprint density at radius 1 is 1.21 bits per heavy atom. The highest BCUT2D eigenvalue weighted by molar-refractivity contribution is 7.98. The molecule has 1 aromatic rings. The molecule has 0 saturated heterocycles. The number of anilines is 1. The second-order valence-electron chi connectivity index (χ2n) is 4.39. The van der Waals surface area contributed by atoms with Crippen molar-refractivity contribution in [3.63, 3.8) is 0 Å². The monoisotopic (exact) mass is 282 g/mol. The van der Waals surface area contributed by atoms with Crippen LogP contribution in [0.25, 0.3) is 0 Å². The number of carboxylic acids is 1. The average molecular weight is 282 g/mol. The number of carbonyl (C=O) groups is 2. The summed E-state index contributed by atoms with van der Waals surface area (Å²) in [5, 5.41) is 14.0. The first-order chi connectivity index (χ1) is 8.93. The highest BCUT2D eigenvalue weighted by atomic mass is 32.2. The Morgan fingerprint density at radius 3 is 2.21 bits per heavy atom. The van der Waals surface area contributed by atoms with Crippen molar-refractivity contribution in [2.24, 2.45) is 5.92 Å². The van der Waals surface area contributed by atoms with Crippen LogP contribution in [0.2, 0.25) is 0 Å². The quantitative estimate of drug-likeness (QED) is 0.725. The van der Waals surface area contributed by atoms with Gasteiger partial charge in [0.15, 0.2) is 0 Å². The van der Waals surface area contributed by atoms with E-state index in [9.17, 15) is 9.59 Å². The number of hydrogen-bond acceptors (Lipinski definition) is 3. The van der Waals surface area contributed by atoms with Gasteiger partial charge >= 0.3 is 12.0 Å². The van der Waals surface area contributed by atoms with Crippen molar-refractivity contribution < 1.29 is 14.7 Å². The Kier molecular flexibility index (Phi) is 5.69. The van der Waals surface area contributed by atoms with Crippen LogP contribution in [0.3, 0.4) is 0 Å². The Balaban J connectivity index is 2.61. The van der Waals surface area contributed by atoms with Gasteiger partial charge in [0.25, 0.3) is 0 Å². The highest BCUT2D eigenvalue weighted by Gasteiger charge is 2.23. The molecule has 1 aromatic carbocycles. The predicted molar refractivity (Wildman–Crippen MR) is 76.6 cm³/mol. The predicted octanol–water partition coefficient (Wildman–Crippen LogP) is 2.64. The smallest absolute Gasteiger partial charge is 0.326 e. The lowest BCUT2D eigenvalue weighted by Gasteiger charge is -2.18. The number of urea groups is 1. The van der Waals surface area contributed by atoms with Gasteiger partial charge in [-0.05, 0) is 36.4 Å². The van der Waals surface area contributed by atoms with E-state index >= 15 is 0 Å². The van der Waals surface area contributed by atoms with Crippen LogP contribution in [-0.2, 0) is 4.79 Å². The molecule has 1 atom stereocenters. The molecule has 1 rings (SSSR count). The van der Waals surface area contributed by atoms with Crippen molar-refractivity contribution in [3.05, 3.63) is 24.3 Å². The summed E-state index contributed by atoms with van der Waals surface area (Å²) in [5.41, 5.74) is 0.628. The zero-order valence-corrected chi connectivity index (χ0v) is 12.0. The fraction of sp³-hybridized carbons (Fsp3) is 0.385. The second-order valence-corrected chi connectivity index (χ2v) is 5.27. The van der Waals surface area contributed by atoms with Crippen LogP contribution in [0.5, 0.6) is 0 Å². The van der Waals surface area contributed by atoms with Gasteiger partial charge in [0, 0.05) is 10.6 Å². The van der Waals surface area contributed by atoms with Gasteiger partial charge in [0.1, 0.15) is 6.04 Å². The fourth-order valence-electron chi connectivity index (χ4n) is 1.50. The molecule has 0 bridgehead atoms. The van der Waals surface area contributed by atoms with Crippen LogP contribution in [0, 0.1) is 5.92 Å². The summed E-state index contributed by atoms with van der Waals surface area (Å²) in [5.74, 6) is -1.22. The van der Waals surface area contributed by atoms with Crippen LogP contribution < -0.4 is 10.6 Å². The number of carboxylic acid groups (broad SMARTS) is 1. The highest BCUT2D eigenvalue weighted by Crippen LogP contribution is 2.17. The van der Waals surface area contributed by atoms with Gasteiger partial charge in [0.05, 0.1) is 0 Å². The minimum Gasteiger partial charge on any atom is -0.480 e. The van der Waals surface area contributed by atoms with Crippen molar-refractivity contribution in [2.75, 3.05) is 11.6 Å². The van der Waals surface area contributed by atoms with E-state index in [1.54, 1.807) is 37.7 Å². The van der Waals surface area contributed by atoms with Crippen molar-refractivity contribution in [3.8, 4) is 0 Å². The molecule has 0 saturated carbocycles. The van der Waals surface area contributed by atoms with Gasteiger partial charge in [-0.3, -0.25) is 0 Å². The molecule has 0 aliphatic rings. The summed E-state index contributed by atoms with van der Waals surface area (Å²) in [6.45, 7) is 3.48. The van der Waals surface area contributed by atoms with Gasteiger partial charge < -0.3 is 15.7 Å².